The Kier molecular flexibility index (Phi) is 3.32. The average molecular weight is 234 g/mol. The molecular weight excluding hydrogens is 220 g/mol. The molecule has 6 heteroatoms. The van der Waals surface area contributed by atoms with Crippen molar-refractivity contribution in [1.82, 2.24) is 10.2 Å². The summed E-state index contributed by atoms with van der Waals surface area (Å²) in [5, 5.41) is 7.72. The molecule has 0 atom stereocenters. The first kappa shape index (κ1) is 11.5. The van der Waals surface area contributed by atoms with Crippen LogP contribution in [0.3, 0.4) is 0 Å². The van der Waals surface area contributed by atoms with Gasteiger partial charge in [0.15, 0.2) is 11.5 Å². The molecule has 1 aromatic rings. The van der Waals surface area contributed by atoms with Crippen LogP contribution in [0.15, 0.2) is 12.1 Å². The summed E-state index contributed by atoms with van der Waals surface area (Å²) in [5.74, 6) is 0.298. The number of carbonyl (C=O) groups excluding carboxylic acids is 2. The smallest absolute Gasteiger partial charge is 0.269 e. The second kappa shape index (κ2) is 4.90. The Morgan fingerprint density at radius 3 is 2.53 bits per heavy atom. The van der Waals surface area contributed by atoms with Gasteiger partial charge >= 0.3 is 0 Å². The third-order valence-corrected chi connectivity index (χ3v) is 2.96. The number of rotatable bonds is 3. The monoisotopic (exact) mass is 234 g/mol. The van der Waals surface area contributed by atoms with E-state index in [4.69, 9.17) is 5.73 Å². The van der Waals surface area contributed by atoms with Gasteiger partial charge in [0.2, 0.25) is 0 Å². The number of carbonyl (C=O) groups is 2. The Balaban J connectivity index is 2.03. The van der Waals surface area contributed by atoms with Gasteiger partial charge in [0.1, 0.15) is 6.29 Å². The molecule has 1 fully saturated rings. The number of aldehydes is 1. The van der Waals surface area contributed by atoms with Crippen LogP contribution in [0, 0.1) is 5.92 Å². The summed E-state index contributed by atoms with van der Waals surface area (Å²) < 4.78 is 0. The van der Waals surface area contributed by atoms with E-state index in [1.807, 2.05) is 0 Å². The summed E-state index contributed by atoms with van der Waals surface area (Å²) in [6, 6.07) is 3.30. The molecule has 0 aromatic carbocycles. The first-order valence-corrected chi connectivity index (χ1v) is 5.54. The number of hydrogen-bond donors (Lipinski definition) is 1. The molecule has 90 valence electrons. The zero-order valence-electron chi connectivity index (χ0n) is 9.37. The normalized spacial score (nSPS) is 16.8. The van der Waals surface area contributed by atoms with Gasteiger partial charge in [-0.3, -0.25) is 4.79 Å². The first-order valence-electron chi connectivity index (χ1n) is 5.54. The number of hydrogen-bond acceptors (Lipinski definition) is 5. The summed E-state index contributed by atoms with van der Waals surface area (Å²) >= 11 is 0. The summed E-state index contributed by atoms with van der Waals surface area (Å²) in [5.41, 5.74) is 5.25. The van der Waals surface area contributed by atoms with Gasteiger partial charge in [-0.15, -0.1) is 10.2 Å². The predicted octanol–water partition coefficient (Wildman–Crippen LogP) is -0.00920. The molecule has 6 nitrogen and oxygen atoms in total. The van der Waals surface area contributed by atoms with Crippen LogP contribution in [0.25, 0.3) is 0 Å². The second-order valence-corrected chi connectivity index (χ2v) is 4.10. The van der Waals surface area contributed by atoms with Crippen molar-refractivity contribution in [3.8, 4) is 0 Å². The third-order valence-electron chi connectivity index (χ3n) is 2.96. The molecule has 0 aliphatic carbocycles. The SMILES string of the molecule is NC(=O)c1ccc(N2CCC(C=O)CC2)nn1. The topological polar surface area (TPSA) is 89.2 Å². The minimum Gasteiger partial charge on any atom is -0.364 e. The van der Waals surface area contributed by atoms with Crippen molar-refractivity contribution in [3.05, 3.63) is 17.8 Å². The fourth-order valence-electron chi connectivity index (χ4n) is 1.89. The maximum absolute atomic E-state index is 10.8. The number of nitrogens with zero attached hydrogens (tertiary/aromatic N) is 3. The Morgan fingerprint density at radius 2 is 2.06 bits per heavy atom. The molecule has 2 N–H and O–H groups in total. The van der Waals surface area contributed by atoms with Gasteiger partial charge in [0.25, 0.3) is 5.91 Å². The molecule has 0 spiro atoms. The Labute approximate surface area is 98.8 Å². The molecular formula is C11H14N4O2. The van der Waals surface area contributed by atoms with Crippen LogP contribution >= 0.6 is 0 Å². The molecule has 2 heterocycles. The van der Waals surface area contributed by atoms with Crippen molar-refractivity contribution < 1.29 is 9.59 Å². The average Bonchev–Trinajstić information content (AvgIpc) is 2.39. The number of primary amides is 1. The van der Waals surface area contributed by atoms with Gasteiger partial charge in [-0.2, -0.15) is 0 Å². The number of amides is 1. The fraction of sp³-hybridized carbons (Fsp3) is 0.455. The van der Waals surface area contributed by atoms with E-state index < -0.39 is 5.91 Å². The van der Waals surface area contributed by atoms with Crippen LogP contribution in [0.2, 0.25) is 0 Å². The molecule has 2 rings (SSSR count). The van der Waals surface area contributed by atoms with Crippen molar-refractivity contribution in [1.29, 1.82) is 0 Å². The highest BCUT2D eigenvalue weighted by atomic mass is 16.1. The second-order valence-electron chi connectivity index (χ2n) is 4.10. The number of nitrogens with two attached hydrogens (primary N) is 1. The Morgan fingerprint density at radius 1 is 1.35 bits per heavy atom. The molecule has 0 radical (unpaired) electrons. The Bertz CT molecular complexity index is 410. The predicted molar refractivity (Wildman–Crippen MR) is 61.6 cm³/mol. The number of anilines is 1. The molecule has 1 saturated heterocycles. The lowest BCUT2D eigenvalue weighted by atomic mass is 9.99. The zero-order chi connectivity index (χ0) is 12.3. The third kappa shape index (κ3) is 2.58. The highest BCUT2D eigenvalue weighted by molar-refractivity contribution is 5.90. The maximum atomic E-state index is 10.8. The lowest BCUT2D eigenvalue weighted by Crippen LogP contribution is -2.34. The van der Waals surface area contributed by atoms with E-state index in [1.54, 1.807) is 12.1 Å². The van der Waals surface area contributed by atoms with E-state index in [1.165, 1.54) is 0 Å². The van der Waals surface area contributed by atoms with Crippen LogP contribution in [0.1, 0.15) is 23.3 Å². The van der Waals surface area contributed by atoms with Crippen LogP contribution in [-0.4, -0.2) is 35.5 Å². The van der Waals surface area contributed by atoms with Crippen LogP contribution in [0.4, 0.5) is 5.82 Å². The largest absolute Gasteiger partial charge is 0.364 e. The minimum absolute atomic E-state index is 0.157. The van der Waals surface area contributed by atoms with E-state index >= 15 is 0 Å². The van der Waals surface area contributed by atoms with Gasteiger partial charge in [0.05, 0.1) is 0 Å². The summed E-state index contributed by atoms with van der Waals surface area (Å²) in [6.07, 6.45) is 2.69. The van der Waals surface area contributed by atoms with Gasteiger partial charge in [-0.1, -0.05) is 0 Å². The first-order chi connectivity index (χ1) is 8.20. The lowest BCUT2D eigenvalue weighted by Gasteiger charge is -2.30. The van der Waals surface area contributed by atoms with Crippen molar-refractivity contribution in [2.75, 3.05) is 18.0 Å². The van der Waals surface area contributed by atoms with Crippen molar-refractivity contribution in [2.24, 2.45) is 11.7 Å². The lowest BCUT2D eigenvalue weighted by molar-refractivity contribution is -0.111. The molecule has 1 amide bonds. The van der Waals surface area contributed by atoms with Crippen LogP contribution in [-0.2, 0) is 4.79 Å². The van der Waals surface area contributed by atoms with E-state index in [2.05, 4.69) is 15.1 Å². The van der Waals surface area contributed by atoms with Gasteiger partial charge in [0, 0.05) is 19.0 Å². The molecule has 1 aliphatic heterocycles. The van der Waals surface area contributed by atoms with E-state index in [0.717, 1.165) is 38.0 Å². The molecule has 17 heavy (non-hydrogen) atoms. The van der Waals surface area contributed by atoms with Crippen molar-refractivity contribution >= 4 is 18.0 Å². The molecule has 1 aromatic heterocycles. The van der Waals surface area contributed by atoms with Crippen molar-refractivity contribution in [3.63, 3.8) is 0 Å². The van der Waals surface area contributed by atoms with Gasteiger partial charge in [-0.25, -0.2) is 0 Å². The summed E-state index contributed by atoms with van der Waals surface area (Å²) in [7, 11) is 0. The van der Waals surface area contributed by atoms with Crippen molar-refractivity contribution in [2.45, 2.75) is 12.8 Å². The summed E-state index contributed by atoms with van der Waals surface area (Å²) in [6.45, 7) is 1.57. The van der Waals surface area contributed by atoms with Crippen LogP contribution in [0.5, 0.6) is 0 Å². The van der Waals surface area contributed by atoms with Gasteiger partial charge < -0.3 is 15.4 Å². The van der Waals surface area contributed by atoms with Gasteiger partial charge in [-0.05, 0) is 25.0 Å². The molecule has 0 saturated carbocycles. The fourth-order valence-corrected chi connectivity index (χ4v) is 1.89. The highest BCUT2D eigenvalue weighted by Crippen LogP contribution is 2.19. The maximum Gasteiger partial charge on any atom is 0.269 e. The summed E-state index contributed by atoms with van der Waals surface area (Å²) in [4.78, 5) is 23.5. The van der Waals surface area contributed by atoms with Crippen LogP contribution < -0.4 is 10.6 Å². The number of piperidine rings is 1. The minimum atomic E-state index is -0.580. The number of aromatic nitrogens is 2. The standard InChI is InChI=1S/C11H14N4O2/c12-11(17)9-1-2-10(14-13-9)15-5-3-8(7-16)4-6-15/h1-2,7-8H,3-6H2,(H2,12,17). The van der Waals surface area contributed by atoms with E-state index in [0.29, 0.717) is 0 Å². The highest BCUT2D eigenvalue weighted by Gasteiger charge is 2.19. The van der Waals surface area contributed by atoms with E-state index in [9.17, 15) is 9.59 Å². The zero-order valence-corrected chi connectivity index (χ0v) is 9.37. The molecule has 1 aliphatic rings. The van der Waals surface area contributed by atoms with E-state index in [-0.39, 0.29) is 11.6 Å². The Hall–Kier alpha value is -1.98. The quantitative estimate of drug-likeness (QED) is 0.743. The molecule has 0 unspecified atom stereocenters. The molecule has 0 bridgehead atoms.